The van der Waals surface area contributed by atoms with Crippen LogP contribution in [0.4, 0.5) is 17.1 Å². The molecule has 0 aliphatic heterocycles. The van der Waals surface area contributed by atoms with Crippen molar-refractivity contribution in [2.75, 3.05) is 23.3 Å². The molecule has 3 heteroatoms. The van der Waals surface area contributed by atoms with Crippen LogP contribution >= 0.6 is 0 Å². The Labute approximate surface area is 104 Å². The van der Waals surface area contributed by atoms with Crippen molar-refractivity contribution in [3.63, 3.8) is 0 Å². The van der Waals surface area contributed by atoms with Gasteiger partial charge in [0, 0.05) is 12.2 Å². The smallest absolute Gasteiger partial charge is 0.0568 e. The largest absolute Gasteiger partial charge is 0.397 e. The topological polar surface area (TPSA) is 64.1 Å². The van der Waals surface area contributed by atoms with Gasteiger partial charge >= 0.3 is 0 Å². The first-order valence-corrected chi connectivity index (χ1v) is 6.54. The lowest BCUT2D eigenvalue weighted by Gasteiger charge is -2.28. The van der Waals surface area contributed by atoms with E-state index in [2.05, 4.69) is 12.2 Å². The minimum Gasteiger partial charge on any atom is -0.397 e. The Morgan fingerprint density at radius 2 is 1.88 bits per heavy atom. The number of anilines is 3. The van der Waals surface area contributed by atoms with Gasteiger partial charge in [0.15, 0.2) is 0 Å². The highest BCUT2D eigenvalue weighted by Gasteiger charge is 2.31. The fourth-order valence-corrected chi connectivity index (χ4v) is 2.75. The molecule has 17 heavy (non-hydrogen) atoms. The van der Waals surface area contributed by atoms with E-state index in [0.29, 0.717) is 16.8 Å². The van der Waals surface area contributed by atoms with Crippen LogP contribution in [0.5, 0.6) is 0 Å². The van der Waals surface area contributed by atoms with Crippen LogP contribution in [-0.4, -0.2) is 6.54 Å². The molecule has 0 aromatic heterocycles. The predicted molar refractivity (Wildman–Crippen MR) is 74.9 cm³/mol. The number of hydrogen-bond donors (Lipinski definition) is 3. The second-order valence-corrected chi connectivity index (χ2v) is 5.26. The van der Waals surface area contributed by atoms with Crippen molar-refractivity contribution in [2.45, 2.75) is 39.0 Å². The minimum atomic E-state index is 0.496. The van der Waals surface area contributed by atoms with Gasteiger partial charge in [0.05, 0.1) is 11.4 Å². The molecular formula is C14H23N3. The van der Waals surface area contributed by atoms with Gasteiger partial charge in [-0.3, -0.25) is 0 Å². The predicted octanol–water partition coefficient (Wildman–Crippen LogP) is 3.23. The quantitative estimate of drug-likeness (QED) is 0.699. The van der Waals surface area contributed by atoms with Gasteiger partial charge in [0.1, 0.15) is 0 Å². The normalized spacial score (nSPS) is 18.2. The van der Waals surface area contributed by atoms with Gasteiger partial charge in [-0.05, 0) is 42.9 Å². The summed E-state index contributed by atoms with van der Waals surface area (Å²) in [5.41, 5.74) is 14.4. The maximum atomic E-state index is 5.80. The molecule has 0 bridgehead atoms. The lowest BCUT2D eigenvalue weighted by atomic mass is 9.83. The van der Waals surface area contributed by atoms with E-state index in [1.165, 1.54) is 32.1 Å². The van der Waals surface area contributed by atoms with Gasteiger partial charge in [0.2, 0.25) is 0 Å². The molecule has 5 N–H and O–H groups in total. The van der Waals surface area contributed by atoms with E-state index in [4.69, 9.17) is 11.5 Å². The summed E-state index contributed by atoms with van der Waals surface area (Å²) in [6.45, 7) is 3.34. The Balaban J connectivity index is 1.99. The van der Waals surface area contributed by atoms with Crippen molar-refractivity contribution in [3.8, 4) is 0 Å². The highest BCUT2D eigenvalue weighted by atomic mass is 14.9. The van der Waals surface area contributed by atoms with E-state index in [0.717, 1.165) is 12.2 Å². The van der Waals surface area contributed by atoms with E-state index in [-0.39, 0.29) is 0 Å². The first-order chi connectivity index (χ1) is 8.15. The Morgan fingerprint density at radius 3 is 2.47 bits per heavy atom. The molecule has 1 saturated carbocycles. The summed E-state index contributed by atoms with van der Waals surface area (Å²) < 4.78 is 0. The lowest BCUT2D eigenvalue weighted by Crippen LogP contribution is -2.25. The summed E-state index contributed by atoms with van der Waals surface area (Å²) in [5.74, 6) is 0. The summed E-state index contributed by atoms with van der Waals surface area (Å²) >= 11 is 0. The molecule has 0 unspecified atom stereocenters. The third-order valence-electron chi connectivity index (χ3n) is 4.17. The summed E-state index contributed by atoms with van der Waals surface area (Å²) in [6.07, 6.45) is 6.70. The fraction of sp³-hybridized carbons (Fsp3) is 0.571. The van der Waals surface area contributed by atoms with Crippen molar-refractivity contribution in [1.82, 2.24) is 0 Å². The van der Waals surface area contributed by atoms with Gasteiger partial charge in [-0.15, -0.1) is 0 Å². The fourth-order valence-electron chi connectivity index (χ4n) is 2.75. The standard InChI is InChI=1S/C14H23N3/c1-2-14(7-3-4-8-14)10-17-11-5-6-12(15)13(16)9-11/h5-6,9,17H,2-4,7-8,10,15-16H2,1H3. The molecule has 1 fully saturated rings. The van der Waals surface area contributed by atoms with Crippen LogP contribution in [0.15, 0.2) is 18.2 Å². The molecule has 3 nitrogen and oxygen atoms in total. The summed E-state index contributed by atoms with van der Waals surface area (Å²) in [4.78, 5) is 0. The first kappa shape index (κ1) is 12.1. The SMILES string of the molecule is CCC1(CNc2ccc(N)c(N)c2)CCCC1. The van der Waals surface area contributed by atoms with Crippen LogP contribution in [0.25, 0.3) is 0 Å². The van der Waals surface area contributed by atoms with E-state index < -0.39 is 0 Å². The molecule has 0 amide bonds. The zero-order valence-electron chi connectivity index (χ0n) is 10.6. The third kappa shape index (κ3) is 2.65. The molecule has 94 valence electrons. The minimum absolute atomic E-state index is 0.496. The van der Waals surface area contributed by atoms with E-state index >= 15 is 0 Å². The van der Waals surface area contributed by atoms with Crippen molar-refractivity contribution < 1.29 is 0 Å². The Kier molecular flexibility index (Phi) is 3.46. The van der Waals surface area contributed by atoms with Crippen LogP contribution in [-0.2, 0) is 0 Å². The Hall–Kier alpha value is -1.38. The third-order valence-corrected chi connectivity index (χ3v) is 4.17. The van der Waals surface area contributed by atoms with E-state index in [1.807, 2.05) is 18.2 Å². The van der Waals surface area contributed by atoms with Gasteiger partial charge in [0.25, 0.3) is 0 Å². The summed E-state index contributed by atoms with van der Waals surface area (Å²) in [5, 5.41) is 3.51. The molecule has 0 atom stereocenters. The molecular weight excluding hydrogens is 210 g/mol. The Morgan fingerprint density at radius 1 is 1.18 bits per heavy atom. The molecule has 1 aliphatic carbocycles. The maximum absolute atomic E-state index is 5.80. The maximum Gasteiger partial charge on any atom is 0.0568 e. The zero-order valence-corrected chi connectivity index (χ0v) is 10.6. The number of nitrogens with two attached hydrogens (primary N) is 2. The van der Waals surface area contributed by atoms with Gasteiger partial charge in [-0.2, -0.15) is 0 Å². The average molecular weight is 233 g/mol. The lowest BCUT2D eigenvalue weighted by molar-refractivity contribution is 0.307. The number of hydrogen-bond acceptors (Lipinski definition) is 3. The number of rotatable bonds is 4. The second kappa shape index (κ2) is 4.86. The zero-order chi connectivity index (χ0) is 12.3. The van der Waals surface area contributed by atoms with Crippen molar-refractivity contribution in [1.29, 1.82) is 0 Å². The molecule has 0 spiro atoms. The van der Waals surface area contributed by atoms with Crippen LogP contribution < -0.4 is 16.8 Å². The Bertz CT molecular complexity index is 381. The number of benzene rings is 1. The molecule has 0 saturated heterocycles. The molecule has 1 aliphatic rings. The van der Waals surface area contributed by atoms with Crippen LogP contribution in [0, 0.1) is 5.41 Å². The van der Waals surface area contributed by atoms with E-state index in [1.54, 1.807) is 0 Å². The molecule has 0 heterocycles. The van der Waals surface area contributed by atoms with Gasteiger partial charge in [-0.1, -0.05) is 19.8 Å². The highest BCUT2D eigenvalue weighted by Crippen LogP contribution is 2.41. The molecule has 1 aromatic rings. The van der Waals surface area contributed by atoms with Crippen LogP contribution in [0.3, 0.4) is 0 Å². The number of nitrogens with one attached hydrogen (secondary N) is 1. The molecule has 1 aromatic carbocycles. The molecule has 2 rings (SSSR count). The van der Waals surface area contributed by atoms with Crippen molar-refractivity contribution >= 4 is 17.1 Å². The van der Waals surface area contributed by atoms with Crippen LogP contribution in [0.1, 0.15) is 39.0 Å². The van der Waals surface area contributed by atoms with E-state index in [9.17, 15) is 0 Å². The van der Waals surface area contributed by atoms with Crippen molar-refractivity contribution in [3.05, 3.63) is 18.2 Å². The van der Waals surface area contributed by atoms with Gasteiger partial charge in [-0.25, -0.2) is 0 Å². The average Bonchev–Trinajstić information content (AvgIpc) is 2.80. The summed E-state index contributed by atoms with van der Waals surface area (Å²) in [7, 11) is 0. The number of nitrogen functional groups attached to an aromatic ring is 2. The van der Waals surface area contributed by atoms with Crippen LogP contribution in [0.2, 0.25) is 0 Å². The first-order valence-electron chi connectivity index (χ1n) is 6.54. The highest BCUT2D eigenvalue weighted by molar-refractivity contribution is 5.69. The van der Waals surface area contributed by atoms with Gasteiger partial charge < -0.3 is 16.8 Å². The van der Waals surface area contributed by atoms with Crippen molar-refractivity contribution in [2.24, 2.45) is 5.41 Å². The monoisotopic (exact) mass is 233 g/mol. The molecule has 0 radical (unpaired) electrons. The second-order valence-electron chi connectivity index (χ2n) is 5.26. The summed E-state index contributed by atoms with van der Waals surface area (Å²) in [6, 6.07) is 5.79.